The molecule has 0 aliphatic carbocycles. The first kappa shape index (κ1) is 16.7. The highest BCUT2D eigenvalue weighted by Gasteiger charge is 2.39. The van der Waals surface area contributed by atoms with Gasteiger partial charge in [-0.1, -0.05) is 18.2 Å². The summed E-state index contributed by atoms with van der Waals surface area (Å²) in [6.07, 6.45) is 0. The number of rotatable bonds is 4. The zero-order chi connectivity index (χ0) is 18.3. The molecule has 25 heavy (non-hydrogen) atoms. The molecule has 6 heteroatoms. The lowest BCUT2D eigenvalue weighted by Crippen LogP contribution is -2.34. The minimum atomic E-state index is -1.38. The Morgan fingerprint density at radius 2 is 1.88 bits per heavy atom. The standard InChI is InChI=1S/C19H17NO5/c1-10-7-14(11(2)21)17(22)15(8-10)16(19(24)25)20-9-12-5-3-4-6-13(12)18(20)23/h3-8,16,22H,9H2,1-2H3,(H,24,25). The van der Waals surface area contributed by atoms with Crippen molar-refractivity contribution in [2.75, 3.05) is 0 Å². The van der Waals surface area contributed by atoms with Crippen LogP contribution in [0.4, 0.5) is 0 Å². The van der Waals surface area contributed by atoms with Crippen molar-refractivity contribution in [2.24, 2.45) is 0 Å². The van der Waals surface area contributed by atoms with E-state index in [1.54, 1.807) is 31.2 Å². The second kappa shape index (κ2) is 6.05. The summed E-state index contributed by atoms with van der Waals surface area (Å²) in [7, 11) is 0. The van der Waals surface area contributed by atoms with Crippen LogP contribution < -0.4 is 0 Å². The van der Waals surface area contributed by atoms with E-state index in [4.69, 9.17) is 0 Å². The van der Waals surface area contributed by atoms with E-state index < -0.39 is 23.7 Å². The molecule has 1 aliphatic rings. The van der Waals surface area contributed by atoms with Gasteiger partial charge in [-0.3, -0.25) is 9.59 Å². The van der Waals surface area contributed by atoms with Crippen LogP contribution in [0.1, 0.15) is 50.4 Å². The van der Waals surface area contributed by atoms with Crippen LogP contribution in [0.25, 0.3) is 0 Å². The first-order valence-corrected chi connectivity index (χ1v) is 7.77. The lowest BCUT2D eigenvalue weighted by molar-refractivity contribution is -0.142. The van der Waals surface area contributed by atoms with E-state index in [1.807, 2.05) is 0 Å². The van der Waals surface area contributed by atoms with Gasteiger partial charge in [0.05, 0.1) is 5.56 Å². The van der Waals surface area contributed by atoms with E-state index in [1.165, 1.54) is 24.0 Å². The van der Waals surface area contributed by atoms with Crippen molar-refractivity contribution in [3.63, 3.8) is 0 Å². The predicted octanol–water partition coefficient (Wildman–Crippen LogP) is 2.68. The van der Waals surface area contributed by atoms with Crippen LogP contribution in [-0.4, -0.2) is 32.8 Å². The summed E-state index contributed by atoms with van der Waals surface area (Å²) in [4.78, 5) is 37.5. The van der Waals surface area contributed by atoms with Gasteiger partial charge in [0.25, 0.3) is 5.91 Å². The van der Waals surface area contributed by atoms with Gasteiger partial charge in [-0.15, -0.1) is 0 Å². The Bertz CT molecular complexity index is 903. The summed E-state index contributed by atoms with van der Waals surface area (Å²) >= 11 is 0. The fourth-order valence-electron chi connectivity index (χ4n) is 3.20. The number of phenols is 1. The SMILES string of the molecule is CC(=O)c1cc(C)cc(C(C(=O)O)N2Cc3ccccc3C2=O)c1O. The molecular formula is C19H17NO5. The molecule has 1 amide bonds. The Morgan fingerprint density at radius 1 is 1.20 bits per heavy atom. The molecule has 1 aliphatic heterocycles. The lowest BCUT2D eigenvalue weighted by Gasteiger charge is -2.26. The van der Waals surface area contributed by atoms with Crippen molar-refractivity contribution >= 4 is 17.7 Å². The van der Waals surface area contributed by atoms with Gasteiger partial charge in [0.15, 0.2) is 11.8 Å². The number of ketones is 1. The number of aliphatic carboxylic acids is 1. The van der Waals surface area contributed by atoms with Gasteiger partial charge in [0.1, 0.15) is 5.75 Å². The summed E-state index contributed by atoms with van der Waals surface area (Å²) in [6, 6.07) is 8.53. The number of nitrogens with zero attached hydrogens (tertiary/aromatic N) is 1. The second-order valence-corrected chi connectivity index (χ2v) is 6.14. The number of benzene rings is 2. The molecule has 0 fully saturated rings. The van der Waals surface area contributed by atoms with E-state index in [0.29, 0.717) is 11.1 Å². The first-order valence-electron chi connectivity index (χ1n) is 7.77. The number of aromatic hydroxyl groups is 1. The van der Waals surface area contributed by atoms with Crippen molar-refractivity contribution in [2.45, 2.75) is 26.4 Å². The van der Waals surface area contributed by atoms with Crippen molar-refractivity contribution in [1.29, 1.82) is 0 Å². The summed E-state index contributed by atoms with van der Waals surface area (Å²) in [5, 5.41) is 20.2. The van der Waals surface area contributed by atoms with Crippen LogP contribution in [0.5, 0.6) is 5.75 Å². The maximum atomic E-state index is 12.6. The van der Waals surface area contributed by atoms with E-state index >= 15 is 0 Å². The molecule has 0 saturated heterocycles. The number of Topliss-reactive ketones (excluding diaryl/α,β-unsaturated/α-hetero) is 1. The monoisotopic (exact) mass is 339 g/mol. The van der Waals surface area contributed by atoms with Gasteiger partial charge < -0.3 is 15.1 Å². The number of carbonyl (C=O) groups excluding carboxylic acids is 2. The molecule has 0 radical (unpaired) electrons. The average Bonchev–Trinajstić information content (AvgIpc) is 2.87. The topological polar surface area (TPSA) is 94.9 Å². The molecule has 1 heterocycles. The second-order valence-electron chi connectivity index (χ2n) is 6.14. The molecule has 1 unspecified atom stereocenters. The number of phenolic OH excluding ortho intramolecular Hbond substituents is 1. The highest BCUT2D eigenvalue weighted by Crippen LogP contribution is 2.37. The summed E-state index contributed by atoms with van der Waals surface area (Å²) in [5.41, 5.74) is 1.91. The molecule has 0 aromatic heterocycles. The lowest BCUT2D eigenvalue weighted by atomic mass is 9.96. The highest BCUT2D eigenvalue weighted by molar-refractivity contribution is 6.01. The molecular weight excluding hydrogens is 322 g/mol. The van der Waals surface area contributed by atoms with Gasteiger partial charge in [-0.2, -0.15) is 0 Å². The van der Waals surface area contributed by atoms with Gasteiger partial charge in [-0.25, -0.2) is 4.79 Å². The van der Waals surface area contributed by atoms with Crippen LogP contribution in [0.3, 0.4) is 0 Å². The summed E-state index contributed by atoms with van der Waals surface area (Å²) < 4.78 is 0. The highest BCUT2D eigenvalue weighted by atomic mass is 16.4. The fraction of sp³-hybridized carbons (Fsp3) is 0.211. The van der Waals surface area contributed by atoms with Crippen LogP contribution in [0.2, 0.25) is 0 Å². The van der Waals surface area contributed by atoms with E-state index in [2.05, 4.69) is 0 Å². The molecule has 3 rings (SSSR count). The van der Waals surface area contributed by atoms with Crippen LogP contribution in [0, 0.1) is 6.92 Å². The smallest absolute Gasteiger partial charge is 0.331 e. The predicted molar refractivity (Wildman–Crippen MR) is 89.5 cm³/mol. The molecule has 128 valence electrons. The molecule has 6 nitrogen and oxygen atoms in total. The summed E-state index contributed by atoms with van der Waals surface area (Å²) in [5.74, 6) is -2.44. The number of carboxylic acid groups (broad SMARTS) is 1. The third kappa shape index (κ3) is 2.76. The number of aryl methyl sites for hydroxylation is 1. The Hall–Kier alpha value is -3.15. The Labute approximate surface area is 144 Å². The van der Waals surface area contributed by atoms with Gasteiger partial charge >= 0.3 is 5.97 Å². The van der Waals surface area contributed by atoms with Crippen LogP contribution in [0.15, 0.2) is 36.4 Å². The maximum Gasteiger partial charge on any atom is 0.331 e. The van der Waals surface area contributed by atoms with E-state index in [-0.39, 0.29) is 23.5 Å². The zero-order valence-corrected chi connectivity index (χ0v) is 13.8. The largest absolute Gasteiger partial charge is 0.507 e. The van der Waals surface area contributed by atoms with E-state index in [0.717, 1.165) is 5.56 Å². The number of fused-ring (bicyclic) bond motifs is 1. The Kier molecular flexibility index (Phi) is 4.04. The molecule has 2 N–H and O–H groups in total. The summed E-state index contributed by atoms with van der Waals surface area (Å²) in [6.45, 7) is 3.13. The number of carbonyl (C=O) groups is 3. The van der Waals surface area contributed by atoms with E-state index in [9.17, 15) is 24.6 Å². The fourth-order valence-corrected chi connectivity index (χ4v) is 3.20. The zero-order valence-electron chi connectivity index (χ0n) is 13.8. The van der Waals surface area contributed by atoms with Crippen molar-refractivity contribution in [3.8, 4) is 5.75 Å². The van der Waals surface area contributed by atoms with Crippen LogP contribution in [-0.2, 0) is 11.3 Å². The molecule has 2 aromatic carbocycles. The minimum absolute atomic E-state index is 0.0406. The quantitative estimate of drug-likeness (QED) is 0.835. The molecule has 0 spiro atoms. The van der Waals surface area contributed by atoms with Crippen molar-refractivity contribution < 1.29 is 24.6 Å². The van der Waals surface area contributed by atoms with Gasteiger partial charge in [0, 0.05) is 17.7 Å². The third-order valence-electron chi connectivity index (χ3n) is 4.35. The normalized spacial score (nSPS) is 14.3. The number of hydrogen-bond acceptors (Lipinski definition) is 4. The average molecular weight is 339 g/mol. The first-order chi connectivity index (χ1) is 11.8. The number of amides is 1. The molecule has 2 aromatic rings. The van der Waals surface area contributed by atoms with Crippen molar-refractivity contribution in [3.05, 3.63) is 64.2 Å². The van der Waals surface area contributed by atoms with Gasteiger partial charge in [-0.05, 0) is 43.2 Å². The third-order valence-corrected chi connectivity index (χ3v) is 4.35. The number of carboxylic acids is 1. The van der Waals surface area contributed by atoms with Crippen molar-refractivity contribution in [1.82, 2.24) is 4.90 Å². The van der Waals surface area contributed by atoms with Gasteiger partial charge in [0.2, 0.25) is 0 Å². The molecule has 1 atom stereocenters. The minimum Gasteiger partial charge on any atom is -0.507 e. The Morgan fingerprint density at radius 3 is 2.48 bits per heavy atom. The number of hydrogen-bond donors (Lipinski definition) is 2. The Balaban J connectivity index is 2.12. The maximum absolute atomic E-state index is 12.6. The van der Waals surface area contributed by atoms with Crippen LogP contribution >= 0.6 is 0 Å². The molecule has 0 bridgehead atoms. The molecule has 0 saturated carbocycles.